The van der Waals surface area contributed by atoms with E-state index in [-0.39, 0.29) is 11.9 Å². The molecule has 1 saturated heterocycles. The molecule has 0 saturated carbocycles. The van der Waals surface area contributed by atoms with Gasteiger partial charge in [-0.05, 0) is 51.2 Å². The molecule has 118 valence electrons. The predicted molar refractivity (Wildman–Crippen MR) is 86.1 cm³/mol. The van der Waals surface area contributed by atoms with Gasteiger partial charge in [-0.1, -0.05) is 18.5 Å². The number of likely N-dealkylation sites (tertiary alicyclic amines) is 1. The number of hydrogen-bond donors (Lipinski definition) is 1. The number of halogens is 2. The Bertz CT molecular complexity index is 469. The largest absolute Gasteiger partial charge is 0.329 e. The van der Waals surface area contributed by atoms with E-state index in [0.717, 1.165) is 19.6 Å². The maximum atomic E-state index is 14.1. The summed E-state index contributed by atoms with van der Waals surface area (Å²) in [6.07, 6.45) is 2.44. The van der Waals surface area contributed by atoms with Crippen LogP contribution in [0.1, 0.15) is 31.4 Å². The molecule has 2 atom stereocenters. The van der Waals surface area contributed by atoms with Crippen molar-refractivity contribution in [1.29, 1.82) is 0 Å². The average Bonchev–Trinajstić information content (AvgIpc) is 2.90. The van der Waals surface area contributed by atoms with Crippen molar-refractivity contribution >= 4 is 11.6 Å². The second-order valence-electron chi connectivity index (χ2n) is 5.78. The second-order valence-corrected chi connectivity index (χ2v) is 6.22. The molecule has 0 amide bonds. The van der Waals surface area contributed by atoms with Crippen LogP contribution in [0, 0.1) is 5.82 Å². The molecule has 3 nitrogen and oxygen atoms in total. The molecule has 1 aliphatic heterocycles. The van der Waals surface area contributed by atoms with Gasteiger partial charge in [0.1, 0.15) is 5.82 Å². The minimum Gasteiger partial charge on any atom is -0.329 e. The van der Waals surface area contributed by atoms with Crippen LogP contribution in [0.15, 0.2) is 18.2 Å². The van der Waals surface area contributed by atoms with Crippen LogP contribution in [0.25, 0.3) is 0 Å². The van der Waals surface area contributed by atoms with E-state index in [1.807, 2.05) is 7.05 Å². The summed E-state index contributed by atoms with van der Waals surface area (Å²) < 4.78 is 14.1. The summed E-state index contributed by atoms with van der Waals surface area (Å²) in [5.74, 6) is -0.236. The predicted octanol–water partition coefficient (Wildman–Crippen LogP) is 2.90. The molecule has 2 rings (SSSR count). The maximum Gasteiger partial charge on any atom is 0.128 e. The van der Waals surface area contributed by atoms with E-state index >= 15 is 0 Å². The molecule has 1 aliphatic rings. The van der Waals surface area contributed by atoms with Crippen molar-refractivity contribution in [3.8, 4) is 0 Å². The molecule has 0 aliphatic carbocycles. The first kappa shape index (κ1) is 16.7. The molecule has 0 bridgehead atoms. The fraction of sp³-hybridized carbons (Fsp3) is 0.625. The van der Waals surface area contributed by atoms with Gasteiger partial charge in [-0.25, -0.2) is 4.39 Å². The Morgan fingerprint density at radius 1 is 1.52 bits per heavy atom. The summed E-state index contributed by atoms with van der Waals surface area (Å²) in [5.41, 5.74) is 6.49. The lowest BCUT2D eigenvalue weighted by atomic mass is 10.0. The first-order valence-electron chi connectivity index (χ1n) is 7.66. The molecule has 0 radical (unpaired) electrons. The van der Waals surface area contributed by atoms with Gasteiger partial charge in [-0.3, -0.25) is 9.80 Å². The molecule has 1 fully saturated rings. The molecular formula is C16H25ClFN3. The highest BCUT2D eigenvalue weighted by Crippen LogP contribution is 2.26. The third-order valence-corrected chi connectivity index (χ3v) is 4.71. The third kappa shape index (κ3) is 3.95. The first-order chi connectivity index (χ1) is 10.1. The topological polar surface area (TPSA) is 32.5 Å². The van der Waals surface area contributed by atoms with Crippen molar-refractivity contribution < 1.29 is 4.39 Å². The van der Waals surface area contributed by atoms with Crippen LogP contribution in [-0.2, 0) is 0 Å². The summed E-state index contributed by atoms with van der Waals surface area (Å²) in [7, 11) is 2.02. The van der Waals surface area contributed by atoms with Crippen LogP contribution in [0.4, 0.5) is 4.39 Å². The summed E-state index contributed by atoms with van der Waals surface area (Å²) in [5, 5.41) is 0.550. The van der Waals surface area contributed by atoms with Crippen molar-refractivity contribution in [1.82, 2.24) is 9.80 Å². The van der Waals surface area contributed by atoms with Gasteiger partial charge in [-0.15, -0.1) is 0 Å². The summed E-state index contributed by atoms with van der Waals surface area (Å²) >= 11 is 6.00. The van der Waals surface area contributed by atoms with Gasteiger partial charge in [-0.2, -0.15) is 0 Å². The second kappa shape index (κ2) is 7.54. The lowest BCUT2D eigenvalue weighted by molar-refractivity contribution is 0.164. The fourth-order valence-electron chi connectivity index (χ4n) is 3.29. The fourth-order valence-corrected chi connectivity index (χ4v) is 3.47. The molecule has 5 heteroatoms. The molecule has 2 N–H and O–H groups in total. The number of nitrogens with two attached hydrogens (primary N) is 1. The van der Waals surface area contributed by atoms with Crippen LogP contribution in [0.3, 0.4) is 0 Å². The monoisotopic (exact) mass is 313 g/mol. The lowest BCUT2D eigenvalue weighted by Crippen LogP contribution is -2.42. The third-order valence-electron chi connectivity index (χ3n) is 4.48. The van der Waals surface area contributed by atoms with Gasteiger partial charge in [0.05, 0.1) is 0 Å². The van der Waals surface area contributed by atoms with E-state index in [4.69, 9.17) is 17.3 Å². The maximum absolute atomic E-state index is 14.1. The van der Waals surface area contributed by atoms with Crippen molar-refractivity contribution in [2.75, 3.05) is 33.2 Å². The Morgan fingerprint density at radius 3 is 2.95 bits per heavy atom. The summed E-state index contributed by atoms with van der Waals surface area (Å²) in [4.78, 5) is 4.64. The SMILES string of the molecule is CCN1CCCC1CN(C)C(CN)c1cc(Cl)ccc1F. The van der Waals surface area contributed by atoms with Gasteiger partial charge in [0.25, 0.3) is 0 Å². The summed E-state index contributed by atoms with van der Waals surface area (Å²) in [6, 6.07) is 5.09. The number of nitrogens with zero attached hydrogens (tertiary/aromatic N) is 2. The average molecular weight is 314 g/mol. The van der Waals surface area contributed by atoms with Crippen LogP contribution in [0.2, 0.25) is 5.02 Å². The highest BCUT2D eigenvalue weighted by molar-refractivity contribution is 6.30. The number of hydrogen-bond acceptors (Lipinski definition) is 3. The molecule has 1 aromatic carbocycles. The van der Waals surface area contributed by atoms with Crippen molar-refractivity contribution in [2.24, 2.45) is 5.73 Å². The van der Waals surface area contributed by atoms with Gasteiger partial charge in [0.2, 0.25) is 0 Å². The van der Waals surface area contributed by atoms with Crippen molar-refractivity contribution in [3.05, 3.63) is 34.6 Å². The zero-order valence-corrected chi connectivity index (χ0v) is 13.6. The Balaban J connectivity index is 2.11. The van der Waals surface area contributed by atoms with E-state index in [1.165, 1.54) is 18.9 Å². The Labute approximate surface area is 131 Å². The normalized spacial score (nSPS) is 21.1. The van der Waals surface area contributed by atoms with Crippen LogP contribution >= 0.6 is 11.6 Å². The number of benzene rings is 1. The van der Waals surface area contributed by atoms with Gasteiger partial charge >= 0.3 is 0 Å². The summed E-state index contributed by atoms with van der Waals surface area (Å²) in [6.45, 7) is 5.70. The van der Waals surface area contributed by atoms with Crippen molar-refractivity contribution in [3.63, 3.8) is 0 Å². The number of rotatable bonds is 6. The van der Waals surface area contributed by atoms with Crippen LogP contribution in [-0.4, -0.2) is 49.1 Å². The Hall–Kier alpha value is -0.680. The molecular weight excluding hydrogens is 289 g/mol. The molecule has 0 aromatic heterocycles. The molecule has 2 unspecified atom stereocenters. The van der Waals surface area contributed by atoms with Crippen molar-refractivity contribution in [2.45, 2.75) is 31.8 Å². The van der Waals surface area contributed by atoms with Gasteiger partial charge in [0.15, 0.2) is 0 Å². The smallest absolute Gasteiger partial charge is 0.128 e. The Morgan fingerprint density at radius 2 is 2.29 bits per heavy atom. The van der Waals surface area contributed by atoms with E-state index in [1.54, 1.807) is 12.1 Å². The van der Waals surface area contributed by atoms with Gasteiger partial charge in [0, 0.05) is 35.8 Å². The quantitative estimate of drug-likeness (QED) is 0.876. The minimum absolute atomic E-state index is 0.136. The zero-order valence-electron chi connectivity index (χ0n) is 12.9. The van der Waals surface area contributed by atoms with E-state index in [9.17, 15) is 4.39 Å². The van der Waals surface area contributed by atoms with E-state index in [0.29, 0.717) is 23.2 Å². The highest BCUT2D eigenvalue weighted by Gasteiger charge is 2.27. The molecule has 21 heavy (non-hydrogen) atoms. The molecule has 1 aromatic rings. The highest BCUT2D eigenvalue weighted by atomic mass is 35.5. The minimum atomic E-state index is -0.236. The molecule has 1 heterocycles. The van der Waals surface area contributed by atoms with Crippen LogP contribution < -0.4 is 5.73 Å². The van der Waals surface area contributed by atoms with Crippen LogP contribution in [0.5, 0.6) is 0 Å². The molecule has 0 spiro atoms. The standard InChI is InChI=1S/C16H25ClFN3/c1-3-21-8-4-5-13(21)11-20(2)16(10-19)14-9-12(17)6-7-15(14)18/h6-7,9,13,16H,3-5,8,10-11,19H2,1-2H3. The Kier molecular flexibility index (Phi) is 5.99. The first-order valence-corrected chi connectivity index (χ1v) is 8.04. The number of likely N-dealkylation sites (N-methyl/N-ethyl adjacent to an activating group) is 2. The van der Waals surface area contributed by atoms with E-state index < -0.39 is 0 Å². The zero-order chi connectivity index (χ0) is 15.4. The van der Waals surface area contributed by atoms with Gasteiger partial charge < -0.3 is 5.73 Å². The van der Waals surface area contributed by atoms with E-state index in [2.05, 4.69) is 16.7 Å². The lowest BCUT2D eigenvalue weighted by Gasteiger charge is -2.33.